The summed E-state index contributed by atoms with van der Waals surface area (Å²) >= 11 is 0. The van der Waals surface area contributed by atoms with Gasteiger partial charge >= 0.3 is 0 Å². The van der Waals surface area contributed by atoms with E-state index in [4.69, 9.17) is 10.5 Å². The van der Waals surface area contributed by atoms with E-state index in [2.05, 4.69) is 24.8 Å². The van der Waals surface area contributed by atoms with Gasteiger partial charge in [-0.3, -0.25) is 0 Å². The number of fused-ring (bicyclic) bond motifs is 3. The molecular weight excluding hydrogens is 482 g/mol. The number of hydrogen-bond acceptors (Lipinski definition) is 4. The highest BCUT2D eigenvalue weighted by Crippen LogP contribution is 2.76. The van der Waals surface area contributed by atoms with Crippen molar-refractivity contribution in [3.8, 4) is 17.6 Å². The molecule has 9 rings (SSSR count). The summed E-state index contributed by atoms with van der Waals surface area (Å²) in [5, 5.41) is 21.2. The van der Waals surface area contributed by atoms with Crippen LogP contribution in [0.2, 0.25) is 0 Å². The van der Waals surface area contributed by atoms with Gasteiger partial charge in [0.1, 0.15) is 5.75 Å². The topological polar surface area (TPSA) is 75.7 Å². The van der Waals surface area contributed by atoms with Crippen LogP contribution in [-0.4, -0.2) is 33.6 Å². The predicted molar refractivity (Wildman–Crippen MR) is 152 cm³/mol. The highest BCUT2D eigenvalue weighted by molar-refractivity contribution is 5.40. The Bertz CT molecular complexity index is 1240. The van der Waals surface area contributed by atoms with Crippen LogP contribution >= 0.6 is 0 Å². The Morgan fingerprint density at radius 1 is 1.05 bits per heavy atom. The van der Waals surface area contributed by atoms with Gasteiger partial charge in [-0.1, -0.05) is 37.2 Å². The van der Waals surface area contributed by atoms with Crippen LogP contribution in [0, 0.1) is 52.3 Å². The first kappa shape index (κ1) is 25.2. The molecule has 9 atom stereocenters. The molecule has 2 heterocycles. The van der Waals surface area contributed by atoms with Crippen molar-refractivity contribution in [2.45, 2.75) is 120 Å². The zero-order valence-electron chi connectivity index (χ0n) is 23.8. The number of phenols is 1. The van der Waals surface area contributed by atoms with Crippen molar-refractivity contribution in [1.29, 1.82) is 0 Å². The summed E-state index contributed by atoms with van der Waals surface area (Å²) in [6.07, 6.45) is 17.8. The molecule has 7 fully saturated rings. The van der Waals surface area contributed by atoms with Crippen LogP contribution in [0.1, 0.15) is 102 Å². The number of aliphatic hydroxyl groups is 1. The second-order valence-corrected chi connectivity index (χ2v) is 15.6. The number of benzene rings is 1. The van der Waals surface area contributed by atoms with Crippen LogP contribution in [0.5, 0.6) is 5.75 Å². The number of hydrogen-bond donors (Lipinski definition) is 3. The van der Waals surface area contributed by atoms with E-state index in [0.717, 1.165) is 25.7 Å². The number of nitrogens with two attached hydrogens (primary N) is 1. The van der Waals surface area contributed by atoms with Gasteiger partial charge in [0.05, 0.1) is 17.1 Å². The summed E-state index contributed by atoms with van der Waals surface area (Å²) in [6.45, 7) is 2.55. The summed E-state index contributed by atoms with van der Waals surface area (Å²) < 4.78 is 7.68. The van der Waals surface area contributed by atoms with Gasteiger partial charge in [0.25, 0.3) is 0 Å². The zero-order valence-corrected chi connectivity index (χ0v) is 23.8. The summed E-state index contributed by atoms with van der Waals surface area (Å²) in [5.41, 5.74) is 9.99. The van der Waals surface area contributed by atoms with E-state index in [0.29, 0.717) is 29.4 Å². The van der Waals surface area contributed by atoms with Crippen molar-refractivity contribution in [3.05, 3.63) is 29.3 Å². The summed E-state index contributed by atoms with van der Waals surface area (Å²) in [6, 6.07) is 5.97. The average Bonchev–Trinajstić information content (AvgIpc) is 3.32. The first-order valence-electron chi connectivity index (χ1n) is 16.1. The first-order chi connectivity index (χ1) is 18.7. The van der Waals surface area contributed by atoms with Gasteiger partial charge in [0.15, 0.2) is 0 Å². The van der Waals surface area contributed by atoms with Gasteiger partial charge in [0.2, 0.25) is 0 Å². The second-order valence-electron chi connectivity index (χ2n) is 15.6. The molecule has 39 heavy (non-hydrogen) atoms. The third kappa shape index (κ3) is 3.30. The van der Waals surface area contributed by atoms with Crippen LogP contribution in [0.3, 0.4) is 0 Å². The maximum absolute atomic E-state index is 10.8. The standard InChI is InChI=1S/C35H47NO3/c1-31-11-5-14-33-15-10-26(21-37)35(36,30(31)33)29-7-4-6-24-18-28(38)9-8-25(24)16-23-17-27(34(29,22-33)39-31)20-32(19-23)12-2-3-13-32/h8-9,18,23,26-27,29-30,37-38H,2-3,5-6,10-17,19-22,36H2,1H3/t23-,26+,27-,29+,30+,31+,33-,34+,35-/m0/s1. The molecule has 5 saturated carbocycles. The maximum atomic E-state index is 10.8. The van der Waals surface area contributed by atoms with E-state index in [9.17, 15) is 10.2 Å². The highest BCUT2D eigenvalue weighted by atomic mass is 16.5. The van der Waals surface area contributed by atoms with E-state index >= 15 is 0 Å². The molecule has 2 saturated heterocycles. The van der Waals surface area contributed by atoms with E-state index in [1.54, 1.807) is 0 Å². The fraction of sp³-hybridized carbons (Fsp3) is 0.771. The van der Waals surface area contributed by atoms with E-state index in [1.807, 2.05) is 12.1 Å². The molecule has 0 radical (unpaired) electrons. The van der Waals surface area contributed by atoms with Crippen molar-refractivity contribution in [3.63, 3.8) is 0 Å². The molecule has 0 amide bonds. The maximum Gasteiger partial charge on any atom is 0.115 e. The number of aliphatic hydroxyl groups excluding tert-OH is 1. The van der Waals surface area contributed by atoms with Gasteiger partial charge in [0, 0.05) is 30.4 Å². The largest absolute Gasteiger partial charge is 0.508 e. The minimum absolute atomic E-state index is 0.0483. The third-order valence-electron chi connectivity index (χ3n) is 13.6. The van der Waals surface area contributed by atoms with Crippen LogP contribution in [0.4, 0.5) is 0 Å². The molecule has 4 heteroatoms. The molecule has 2 spiro atoms. The number of rotatable bonds is 1. The van der Waals surface area contributed by atoms with E-state index in [1.165, 1.54) is 75.3 Å². The van der Waals surface area contributed by atoms with Gasteiger partial charge in [-0.2, -0.15) is 0 Å². The minimum atomic E-state index is -0.517. The van der Waals surface area contributed by atoms with Crippen molar-refractivity contribution < 1.29 is 14.9 Å². The third-order valence-corrected chi connectivity index (χ3v) is 13.6. The van der Waals surface area contributed by atoms with Crippen molar-refractivity contribution in [1.82, 2.24) is 0 Å². The minimum Gasteiger partial charge on any atom is -0.508 e. The second kappa shape index (κ2) is 8.27. The number of phenolic OH excluding ortho intramolecular Hbond substituents is 1. The average molecular weight is 530 g/mol. The molecule has 4 nitrogen and oxygen atoms in total. The fourth-order valence-corrected chi connectivity index (χ4v) is 12.7. The van der Waals surface area contributed by atoms with Crippen LogP contribution in [0.15, 0.2) is 18.2 Å². The van der Waals surface area contributed by atoms with Crippen molar-refractivity contribution in [2.24, 2.45) is 46.2 Å². The molecule has 0 unspecified atom stereocenters. The molecular formula is C35H47NO3. The number of aromatic hydroxyl groups is 1. The molecule has 0 aromatic heterocycles. The smallest absolute Gasteiger partial charge is 0.115 e. The predicted octanol–water partition coefficient (Wildman–Crippen LogP) is 5.90. The Labute approximate surface area is 234 Å². The monoisotopic (exact) mass is 529 g/mol. The van der Waals surface area contributed by atoms with Crippen LogP contribution < -0.4 is 5.73 Å². The Morgan fingerprint density at radius 3 is 2.72 bits per heavy atom. The Kier molecular flexibility index (Phi) is 5.34. The van der Waals surface area contributed by atoms with Gasteiger partial charge in [-0.25, -0.2) is 0 Å². The quantitative estimate of drug-likeness (QED) is 0.396. The Balaban J connectivity index is 1.35. The lowest BCUT2D eigenvalue weighted by Crippen LogP contribution is -2.86. The molecule has 4 N–H and O–H groups in total. The molecule has 210 valence electrons. The highest BCUT2D eigenvalue weighted by Gasteiger charge is 2.80. The molecule has 1 aromatic rings. The first-order valence-corrected chi connectivity index (χ1v) is 16.1. The summed E-state index contributed by atoms with van der Waals surface area (Å²) in [4.78, 5) is 0. The zero-order chi connectivity index (χ0) is 26.7. The molecule has 6 aliphatic carbocycles. The molecule has 1 aromatic carbocycles. The SMILES string of the molecule is C[C@]12CCC[C@]34CC[C@H](CO)[C@](N)([C@@H]5C#CCc6cc(O)ccc6C[C@H]6C[C@@H](CC7(CCCC7)C6)[C@@]5(C3)O1)[C@@H]42. The van der Waals surface area contributed by atoms with Gasteiger partial charge < -0.3 is 20.7 Å². The van der Waals surface area contributed by atoms with Crippen LogP contribution in [-0.2, 0) is 17.6 Å². The summed E-state index contributed by atoms with van der Waals surface area (Å²) in [5.74, 6) is 9.20. The van der Waals surface area contributed by atoms with Crippen molar-refractivity contribution >= 4 is 0 Å². The van der Waals surface area contributed by atoms with Gasteiger partial charge in [-0.05, 0) is 123 Å². The Morgan fingerprint density at radius 2 is 1.90 bits per heavy atom. The Hall–Kier alpha value is -1.54. The number of ether oxygens (including phenoxy) is 1. The fourth-order valence-electron chi connectivity index (χ4n) is 12.7. The lowest BCUT2D eigenvalue weighted by Gasteiger charge is -2.79. The molecule has 8 aliphatic rings. The lowest BCUT2D eigenvalue weighted by atomic mass is 9.33. The van der Waals surface area contributed by atoms with Crippen LogP contribution in [0.25, 0.3) is 0 Å². The van der Waals surface area contributed by atoms with E-state index in [-0.39, 0.29) is 41.0 Å². The van der Waals surface area contributed by atoms with Gasteiger partial charge in [-0.15, -0.1) is 0 Å². The normalized spacial score (nSPS) is 48.8. The lowest BCUT2D eigenvalue weighted by molar-refractivity contribution is -0.383. The van der Waals surface area contributed by atoms with E-state index < -0.39 is 5.54 Å². The molecule has 2 aliphatic heterocycles. The van der Waals surface area contributed by atoms with Crippen molar-refractivity contribution in [2.75, 3.05) is 6.61 Å². The molecule has 7 bridgehead atoms. The summed E-state index contributed by atoms with van der Waals surface area (Å²) in [7, 11) is 0.